The third-order valence-electron chi connectivity index (χ3n) is 6.89. The minimum Gasteiger partial charge on any atom is -0.493 e. The standard InChI is InChI=1S/C15H23NO2.C13H17ClN2O/c1-17-14-8-7-13(12-15(14)18-2)6-5-11-16-9-3-4-10-16;14-12-3-1-10(2-4-12)5-7-16-8-6-11(9-16)13(15)17/h7-8,12H,3-6,9-11H2,1-2H3;1-4,11H,5-9H2,(H2,15,17). The van der Waals surface area contributed by atoms with Gasteiger partial charge in [-0.15, -0.1) is 0 Å². The molecule has 1 atom stereocenters. The molecule has 7 heteroatoms. The van der Waals surface area contributed by atoms with E-state index in [0.29, 0.717) is 0 Å². The number of carbonyl (C=O) groups is 1. The number of benzene rings is 2. The molecule has 0 aromatic heterocycles. The van der Waals surface area contributed by atoms with Gasteiger partial charge in [-0.05, 0) is 100 Å². The first-order chi connectivity index (χ1) is 17.0. The molecule has 0 bridgehead atoms. The Morgan fingerprint density at radius 2 is 1.60 bits per heavy atom. The van der Waals surface area contributed by atoms with Crippen LogP contribution in [0.3, 0.4) is 0 Å². The Balaban J connectivity index is 0.000000196. The maximum Gasteiger partial charge on any atom is 0.221 e. The van der Waals surface area contributed by atoms with Crippen molar-refractivity contribution in [3.63, 3.8) is 0 Å². The fourth-order valence-electron chi connectivity index (χ4n) is 4.76. The van der Waals surface area contributed by atoms with Crippen LogP contribution in [0.2, 0.25) is 5.02 Å². The molecule has 6 nitrogen and oxygen atoms in total. The topological polar surface area (TPSA) is 68.0 Å². The van der Waals surface area contributed by atoms with Crippen LogP contribution < -0.4 is 15.2 Å². The molecule has 2 heterocycles. The van der Waals surface area contributed by atoms with E-state index in [9.17, 15) is 4.79 Å². The highest BCUT2D eigenvalue weighted by molar-refractivity contribution is 6.30. The van der Waals surface area contributed by atoms with Gasteiger partial charge in [0, 0.05) is 18.1 Å². The normalized spacial score (nSPS) is 18.2. The van der Waals surface area contributed by atoms with Crippen molar-refractivity contribution >= 4 is 17.5 Å². The molecule has 1 unspecified atom stereocenters. The molecule has 2 fully saturated rings. The lowest BCUT2D eigenvalue weighted by Crippen LogP contribution is -2.28. The highest BCUT2D eigenvalue weighted by Crippen LogP contribution is 2.28. The Labute approximate surface area is 215 Å². The quantitative estimate of drug-likeness (QED) is 0.522. The number of nitrogens with two attached hydrogens (primary N) is 1. The predicted octanol–water partition coefficient (Wildman–Crippen LogP) is 4.42. The third kappa shape index (κ3) is 9.02. The van der Waals surface area contributed by atoms with E-state index in [-0.39, 0.29) is 11.8 Å². The maximum absolute atomic E-state index is 11.0. The number of likely N-dealkylation sites (tertiary alicyclic amines) is 2. The van der Waals surface area contributed by atoms with Crippen LogP contribution >= 0.6 is 11.6 Å². The van der Waals surface area contributed by atoms with Crippen molar-refractivity contribution in [3.8, 4) is 11.5 Å². The molecule has 2 N–H and O–H groups in total. The highest BCUT2D eigenvalue weighted by atomic mass is 35.5. The fourth-order valence-corrected chi connectivity index (χ4v) is 4.88. The van der Waals surface area contributed by atoms with Crippen molar-refractivity contribution in [2.75, 3.05) is 53.5 Å². The lowest BCUT2D eigenvalue weighted by molar-refractivity contribution is -0.121. The smallest absolute Gasteiger partial charge is 0.221 e. The van der Waals surface area contributed by atoms with Gasteiger partial charge in [0.25, 0.3) is 0 Å². The van der Waals surface area contributed by atoms with Crippen LogP contribution in [0.25, 0.3) is 0 Å². The van der Waals surface area contributed by atoms with Gasteiger partial charge in [-0.3, -0.25) is 4.79 Å². The first-order valence-corrected chi connectivity index (χ1v) is 13.1. The second-order valence-electron chi connectivity index (χ2n) is 9.41. The van der Waals surface area contributed by atoms with Gasteiger partial charge in [0.15, 0.2) is 11.5 Å². The summed E-state index contributed by atoms with van der Waals surface area (Å²) < 4.78 is 10.6. The van der Waals surface area contributed by atoms with Gasteiger partial charge in [-0.2, -0.15) is 0 Å². The Kier molecular flexibility index (Phi) is 11.2. The van der Waals surface area contributed by atoms with Gasteiger partial charge >= 0.3 is 0 Å². The second kappa shape index (κ2) is 14.3. The summed E-state index contributed by atoms with van der Waals surface area (Å²) in [6.45, 7) is 6.54. The van der Waals surface area contributed by atoms with Gasteiger partial charge in [0.2, 0.25) is 5.91 Å². The molecular formula is C28H40ClN3O3. The number of primary amides is 1. The zero-order valence-electron chi connectivity index (χ0n) is 21.2. The summed E-state index contributed by atoms with van der Waals surface area (Å²) in [6, 6.07) is 14.1. The van der Waals surface area contributed by atoms with Crippen molar-refractivity contribution in [2.45, 2.75) is 38.5 Å². The summed E-state index contributed by atoms with van der Waals surface area (Å²) in [5, 5.41) is 0.767. The molecular weight excluding hydrogens is 462 g/mol. The number of hydrogen-bond donors (Lipinski definition) is 1. The second-order valence-corrected chi connectivity index (χ2v) is 9.84. The van der Waals surface area contributed by atoms with E-state index in [2.05, 4.69) is 21.9 Å². The number of hydrogen-bond acceptors (Lipinski definition) is 5. The number of amides is 1. The van der Waals surface area contributed by atoms with Crippen LogP contribution in [0, 0.1) is 5.92 Å². The first-order valence-electron chi connectivity index (χ1n) is 12.7. The van der Waals surface area contributed by atoms with Crippen LogP contribution in [0.4, 0.5) is 0 Å². The lowest BCUT2D eigenvalue weighted by Gasteiger charge is -2.15. The van der Waals surface area contributed by atoms with Crippen LogP contribution in [0.15, 0.2) is 42.5 Å². The SMILES string of the molecule is COc1ccc(CCCN2CCCC2)cc1OC.NC(=O)C1CCN(CCc2ccc(Cl)cc2)C1. The molecule has 4 rings (SSSR count). The van der Waals surface area contributed by atoms with E-state index in [1.54, 1.807) is 14.2 Å². The molecule has 2 saturated heterocycles. The number of methoxy groups -OCH3 is 2. The van der Waals surface area contributed by atoms with Crippen molar-refractivity contribution in [1.29, 1.82) is 0 Å². The molecule has 2 aromatic carbocycles. The monoisotopic (exact) mass is 501 g/mol. The predicted molar refractivity (Wildman–Crippen MR) is 142 cm³/mol. The van der Waals surface area contributed by atoms with Crippen molar-refractivity contribution in [2.24, 2.45) is 11.7 Å². The molecule has 0 aliphatic carbocycles. The third-order valence-corrected chi connectivity index (χ3v) is 7.14. The zero-order chi connectivity index (χ0) is 25.0. The number of nitrogens with zero attached hydrogens (tertiary/aromatic N) is 2. The van der Waals surface area contributed by atoms with E-state index >= 15 is 0 Å². The Bertz CT molecular complexity index is 916. The molecule has 2 aliphatic heterocycles. The average molecular weight is 502 g/mol. The van der Waals surface area contributed by atoms with Crippen LogP contribution in [0.5, 0.6) is 11.5 Å². The van der Waals surface area contributed by atoms with E-state index in [0.717, 1.165) is 55.4 Å². The Morgan fingerprint density at radius 1 is 0.914 bits per heavy atom. The largest absolute Gasteiger partial charge is 0.493 e. The molecule has 2 aromatic rings. The number of carbonyl (C=O) groups excluding carboxylic acids is 1. The summed E-state index contributed by atoms with van der Waals surface area (Å²) in [7, 11) is 3.36. The van der Waals surface area contributed by atoms with Crippen molar-refractivity contribution < 1.29 is 14.3 Å². The molecule has 0 spiro atoms. The zero-order valence-corrected chi connectivity index (χ0v) is 21.9. The number of rotatable bonds is 10. The summed E-state index contributed by atoms with van der Waals surface area (Å²) in [4.78, 5) is 15.9. The van der Waals surface area contributed by atoms with E-state index < -0.39 is 0 Å². The van der Waals surface area contributed by atoms with E-state index in [1.165, 1.54) is 50.0 Å². The average Bonchev–Trinajstić information content (AvgIpc) is 3.56. The Morgan fingerprint density at radius 3 is 2.23 bits per heavy atom. The van der Waals surface area contributed by atoms with Gasteiger partial charge in [0.1, 0.15) is 0 Å². The molecule has 35 heavy (non-hydrogen) atoms. The van der Waals surface area contributed by atoms with Gasteiger partial charge < -0.3 is 25.0 Å². The number of aryl methyl sites for hydroxylation is 1. The van der Waals surface area contributed by atoms with Crippen LogP contribution in [-0.2, 0) is 17.6 Å². The summed E-state index contributed by atoms with van der Waals surface area (Å²) in [6.07, 6.45) is 6.96. The van der Waals surface area contributed by atoms with Gasteiger partial charge in [-0.25, -0.2) is 0 Å². The first kappa shape index (κ1) is 27.3. The lowest BCUT2D eigenvalue weighted by atomic mass is 10.1. The minimum atomic E-state index is -0.168. The molecule has 0 saturated carbocycles. The van der Waals surface area contributed by atoms with Crippen molar-refractivity contribution in [1.82, 2.24) is 9.80 Å². The van der Waals surface area contributed by atoms with Crippen LogP contribution in [-0.4, -0.2) is 69.2 Å². The maximum atomic E-state index is 11.0. The Hall–Kier alpha value is -2.28. The van der Waals surface area contributed by atoms with Crippen molar-refractivity contribution in [3.05, 3.63) is 58.6 Å². The highest BCUT2D eigenvalue weighted by Gasteiger charge is 2.25. The fraction of sp³-hybridized carbons (Fsp3) is 0.536. The molecule has 0 radical (unpaired) electrons. The molecule has 192 valence electrons. The van der Waals surface area contributed by atoms with E-state index in [4.69, 9.17) is 26.8 Å². The number of halogens is 1. The summed E-state index contributed by atoms with van der Waals surface area (Å²) in [5.74, 6) is 1.51. The number of ether oxygens (including phenoxy) is 2. The van der Waals surface area contributed by atoms with Gasteiger partial charge in [-0.1, -0.05) is 29.8 Å². The minimum absolute atomic E-state index is 0.0419. The molecule has 1 amide bonds. The molecule has 2 aliphatic rings. The summed E-state index contributed by atoms with van der Waals surface area (Å²) >= 11 is 5.83. The van der Waals surface area contributed by atoms with Gasteiger partial charge in [0.05, 0.1) is 20.1 Å². The summed E-state index contributed by atoms with van der Waals surface area (Å²) in [5.41, 5.74) is 7.90. The van der Waals surface area contributed by atoms with E-state index in [1.807, 2.05) is 30.3 Å². The van der Waals surface area contributed by atoms with Crippen LogP contribution in [0.1, 0.15) is 36.8 Å².